The van der Waals surface area contributed by atoms with E-state index in [9.17, 15) is 13.2 Å². The van der Waals surface area contributed by atoms with Crippen LogP contribution in [0.15, 0.2) is 24.3 Å². The van der Waals surface area contributed by atoms with Crippen LogP contribution in [0.3, 0.4) is 0 Å². The Morgan fingerprint density at radius 3 is 2.61 bits per heavy atom. The van der Waals surface area contributed by atoms with Gasteiger partial charge in [0.05, 0.1) is 18.5 Å². The van der Waals surface area contributed by atoms with E-state index in [2.05, 4.69) is 5.32 Å². The van der Waals surface area contributed by atoms with Gasteiger partial charge >= 0.3 is 6.03 Å². The van der Waals surface area contributed by atoms with Crippen LogP contribution in [0, 0.1) is 0 Å². The van der Waals surface area contributed by atoms with Crippen molar-refractivity contribution in [3.8, 4) is 0 Å². The topological polar surface area (TPSA) is 102 Å². The van der Waals surface area contributed by atoms with Gasteiger partial charge in [-0.25, -0.2) is 18.4 Å². The van der Waals surface area contributed by atoms with E-state index in [1.54, 1.807) is 29.2 Å². The first-order chi connectivity index (χ1) is 10.9. The van der Waals surface area contributed by atoms with Crippen molar-refractivity contribution in [1.29, 1.82) is 0 Å². The average Bonchev–Trinajstić information content (AvgIpc) is 2.52. The van der Waals surface area contributed by atoms with Crippen molar-refractivity contribution in [2.75, 3.05) is 19.7 Å². The molecule has 1 heterocycles. The molecule has 0 radical (unpaired) electrons. The van der Waals surface area contributed by atoms with Crippen LogP contribution in [-0.2, 0) is 27.1 Å². The van der Waals surface area contributed by atoms with E-state index in [1.165, 1.54) is 0 Å². The summed E-state index contributed by atoms with van der Waals surface area (Å²) in [6, 6.07) is 6.87. The molecule has 3 N–H and O–H groups in total. The van der Waals surface area contributed by atoms with Gasteiger partial charge in [0.1, 0.15) is 0 Å². The second kappa shape index (κ2) is 7.76. The highest BCUT2D eigenvalue weighted by atomic mass is 32.2. The number of carbonyl (C=O) groups excluding carboxylic acids is 1. The fourth-order valence-electron chi connectivity index (χ4n) is 2.43. The quantitative estimate of drug-likeness (QED) is 0.827. The minimum atomic E-state index is -3.53. The number of nitrogens with two attached hydrogens (primary N) is 1. The fourth-order valence-corrected chi connectivity index (χ4v) is 3.08. The third-order valence-corrected chi connectivity index (χ3v) is 4.45. The Labute approximate surface area is 136 Å². The molecule has 0 aromatic heterocycles. The standard InChI is InChI=1S/C15H23N3O4S/c1-2-14-10-18(7-8-22-14)15(19)17-9-12-3-5-13(6-4-12)11-23(16,20)21/h3-6,14H,2,7-11H2,1H3,(H,17,19)(H2,16,20,21)/t14-/m1/s1. The fraction of sp³-hybridized carbons (Fsp3) is 0.533. The van der Waals surface area contributed by atoms with Gasteiger partial charge in [0.15, 0.2) is 0 Å². The van der Waals surface area contributed by atoms with Gasteiger partial charge in [0.2, 0.25) is 10.0 Å². The molecule has 0 aliphatic carbocycles. The van der Waals surface area contributed by atoms with E-state index in [4.69, 9.17) is 9.88 Å². The van der Waals surface area contributed by atoms with Gasteiger partial charge in [-0.1, -0.05) is 31.2 Å². The predicted octanol–water partition coefficient (Wildman–Crippen LogP) is 0.796. The number of benzene rings is 1. The number of nitrogens with zero attached hydrogens (tertiary/aromatic N) is 1. The molecule has 2 rings (SSSR count). The Bertz CT molecular complexity index is 631. The maximum atomic E-state index is 12.2. The molecule has 7 nitrogen and oxygen atoms in total. The molecule has 128 valence electrons. The van der Waals surface area contributed by atoms with Gasteiger partial charge in [-0.3, -0.25) is 0 Å². The molecule has 1 aromatic carbocycles. The molecule has 8 heteroatoms. The molecule has 0 spiro atoms. The summed E-state index contributed by atoms with van der Waals surface area (Å²) in [6.07, 6.45) is 0.988. The largest absolute Gasteiger partial charge is 0.375 e. The number of hydrogen-bond donors (Lipinski definition) is 2. The number of ether oxygens (including phenoxy) is 1. The summed E-state index contributed by atoms with van der Waals surface area (Å²) in [4.78, 5) is 13.9. The van der Waals surface area contributed by atoms with Crippen molar-refractivity contribution >= 4 is 16.1 Å². The zero-order valence-corrected chi connectivity index (χ0v) is 14.0. The zero-order valence-electron chi connectivity index (χ0n) is 13.2. The molecule has 1 aromatic rings. The van der Waals surface area contributed by atoms with Gasteiger partial charge in [0.25, 0.3) is 0 Å². The van der Waals surface area contributed by atoms with Gasteiger partial charge in [0, 0.05) is 19.6 Å². The van der Waals surface area contributed by atoms with Crippen LogP contribution >= 0.6 is 0 Å². The van der Waals surface area contributed by atoms with Crippen LogP contribution in [0.4, 0.5) is 4.79 Å². The van der Waals surface area contributed by atoms with Crippen LogP contribution in [0.2, 0.25) is 0 Å². The third-order valence-electron chi connectivity index (χ3n) is 3.72. The van der Waals surface area contributed by atoms with Gasteiger partial charge < -0.3 is 15.0 Å². The molecule has 0 bridgehead atoms. The Morgan fingerprint density at radius 1 is 1.35 bits per heavy atom. The van der Waals surface area contributed by atoms with Crippen molar-refractivity contribution in [2.24, 2.45) is 5.14 Å². The lowest BCUT2D eigenvalue weighted by atomic mass is 10.1. The summed E-state index contributed by atoms with van der Waals surface area (Å²) in [5, 5.41) is 7.88. The Morgan fingerprint density at radius 2 is 2.00 bits per heavy atom. The number of sulfonamides is 1. The van der Waals surface area contributed by atoms with E-state index in [1.807, 2.05) is 6.92 Å². The second-order valence-electron chi connectivity index (χ2n) is 5.63. The number of nitrogens with one attached hydrogen (secondary N) is 1. The van der Waals surface area contributed by atoms with E-state index in [-0.39, 0.29) is 17.9 Å². The SMILES string of the molecule is CC[C@@H]1CN(C(=O)NCc2ccc(CS(N)(=O)=O)cc2)CCO1. The maximum absolute atomic E-state index is 12.2. The first kappa shape index (κ1) is 17.7. The molecular weight excluding hydrogens is 318 g/mol. The molecule has 1 aliphatic heterocycles. The van der Waals surface area contributed by atoms with E-state index < -0.39 is 10.0 Å². The summed E-state index contributed by atoms with van der Waals surface area (Å²) < 4.78 is 27.6. The molecule has 1 fully saturated rings. The first-order valence-electron chi connectivity index (χ1n) is 7.60. The number of rotatable bonds is 5. The highest BCUT2D eigenvalue weighted by molar-refractivity contribution is 7.88. The lowest BCUT2D eigenvalue weighted by Crippen LogP contribution is -2.49. The summed E-state index contributed by atoms with van der Waals surface area (Å²) in [7, 11) is -3.53. The maximum Gasteiger partial charge on any atom is 0.317 e. The smallest absolute Gasteiger partial charge is 0.317 e. The van der Waals surface area contributed by atoms with E-state index >= 15 is 0 Å². The average molecular weight is 341 g/mol. The number of hydrogen-bond acceptors (Lipinski definition) is 4. The molecule has 1 aliphatic rings. The molecule has 2 amide bonds. The number of amides is 2. The molecular formula is C15H23N3O4S. The molecule has 0 saturated carbocycles. The summed E-state index contributed by atoms with van der Waals surface area (Å²) in [6.45, 7) is 4.19. The normalized spacial score (nSPS) is 18.7. The summed E-state index contributed by atoms with van der Waals surface area (Å²) in [5.74, 6) is -0.189. The van der Waals surface area contributed by atoms with Crippen LogP contribution in [0.1, 0.15) is 24.5 Å². The molecule has 1 saturated heterocycles. The molecule has 1 atom stereocenters. The Hall–Kier alpha value is -1.64. The molecule has 23 heavy (non-hydrogen) atoms. The van der Waals surface area contributed by atoms with E-state index in [0.29, 0.717) is 31.8 Å². The van der Waals surface area contributed by atoms with Crippen LogP contribution < -0.4 is 10.5 Å². The lowest BCUT2D eigenvalue weighted by molar-refractivity contribution is -0.0154. The number of primary sulfonamides is 1. The van der Waals surface area contributed by atoms with E-state index in [0.717, 1.165) is 12.0 Å². The monoisotopic (exact) mass is 341 g/mol. The lowest BCUT2D eigenvalue weighted by Gasteiger charge is -2.32. The van der Waals surface area contributed by atoms with Crippen molar-refractivity contribution < 1.29 is 17.9 Å². The number of urea groups is 1. The van der Waals surface area contributed by atoms with Crippen molar-refractivity contribution in [3.63, 3.8) is 0 Å². The van der Waals surface area contributed by atoms with Crippen molar-refractivity contribution in [1.82, 2.24) is 10.2 Å². The summed E-state index contributed by atoms with van der Waals surface area (Å²) in [5.41, 5.74) is 1.53. The second-order valence-corrected chi connectivity index (χ2v) is 7.24. The minimum absolute atomic E-state index is 0.104. The third kappa shape index (κ3) is 5.81. The van der Waals surface area contributed by atoms with Crippen LogP contribution in [0.25, 0.3) is 0 Å². The van der Waals surface area contributed by atoms with Gasteiger partial charge in [-0.2, -0.15) is 0 Å². The van der Waals surface area contributed by atoms with Crippen LogP contribution in [0.5, 0.6) is 0 Å². The van der Waals surface area contributed by atoms with Gasteiger partial charge in [-0.05, 0) is 17.5 Å². The van der Waals surface area contributed by atoms with Crippen molar-refractivity contribution in [2.45, 2.75) is 31.7 Å². The first-order valence-corrected chi connectivity index (χ1v) is 9.31. The minimum Gasteiger partial charge on any atom is -0.375 e. The van der Waals surface area contributed by atoms with Crippen molar-refractivity contribution in [3.05, 3.63) is 35.4 Å². The van der Waals surface area contributed by atoms with Crippen LogP contribution in [-0.4, -0.2) is 45.1 Å². The highest BCUT2D eigenvalue weighted by Crippen LogP contribution is 2.10. The Balaban J connectivity index is 1.84. The molecule has 0 unspecified atom stereocenters. The Kier molecular flexibility index (Phi) is 5.97. The predicted molar refractivity (Wildman–Crippen MR) is 87.1 cm³/mol. The summed E-state index contributed by atoms with van der Waals surface area (Å²) >= 11 is 0. The zero-order chi connectivity index (χ0) is 16.9. The number of morpholine rings is 1. The highest BCUT2D eigenvalue weighted by Gasteiger charge is 2.22. The van der Waals surface area contributed by atoms with Gasteiger partial charge in [-0.15, -0.1) is 0 Å². The number of carbonyl (C=O) groups is 1.